The van der Waals surface area contributed by atoms with E-state index in [0.717, 1.165) is 0 Å². The number of amides is 1. The van der Waals surface area contributed by atoms with Crippen LogP contribution in [-0.4, -0.2) is 15.9 Å². The van der Waals surface area contributed by atoms with Gasteiger partial charge in [-0.05, 0) is 36.4 Å². The van der Waals surface area contributed by atoms with Crippen LogP contribution in [0.5, 0.6) is 0 Å². The summed E-state index contributed by atoms with van der Waals surface area (Å²) in [6, 6.07) is 10.6. The molecule has 2 aromatic heterocycles. The number of rotatable bonds is 4. The highest BCUT2D eigenvalue weighted by Crippen LogP contribution is 2.22. The number of carbonyl (C=O) groups is 1. The van der Waals surface area contributed by atoms with Crippen LogP contribution in [0.3, 0.4) is 0 Å². The van der Waals surface area contributed by atoms with Gasteiger partial charge in [-0.15, -0.1) is 0 Å². The fourth-order valence-electron chi connectivity index (χ4n) is 2.01. The van der Waals surface area contributed by atoms with Gasteiger partial charge in [-0.1, -0.05) is 11.6 Å². The highest BCUT2D eigenvalue weighted by atomic mass is 35.5. The van der Waals surface area contributed by atoms with Crippen molar-refractivity contribution in [1.82, 2.24) is 9.97 Å². The maximum absolute atomic E-state index is 12.7. The standard InChI is InChI=1S/C16H12ClN3O2/c17-12-3-5-13(6-4-12)20(11-14-2-1-9-22-14)16(21)15-10-18-7-8-19-15/h1-10H,11H2. The average molecular weight is 314 g/mol. The maximum Gasteiger partial charge on any atom is 0.278 e. The summed E-state index contributed by atoms with van der Waals surface area (Å²) in [4.78, 5) is 22.3. The predicted molar refractivity (Wildman–Crippen MR) is 82.7 cm³/mol. The molecule has 1 amide bonds. The Morgan fingerprint density at radius 1 is 1.18 bits per heavy atom. The van der Waals surface area contributed by atoms with Crippen molar-refractivity contribution in [1.29, 1.82) is 0 Å². The third-order valence-corrected chi connectivity index (χ3v) is 3.31. The number of hydrogen-bond acceptors (Lipinski definition) is 4. The van der Waals surface area contributed by atoms with Crippen LogP contribution in [0.4, 0.5) is 5.69 Å². The van der Waals surface area contributed by atoms with Gasteiger partial charge in [-0.3, -0.25) is 14.7 Å². The zero-order chi connectivity index (χ0) is 15.4. The number of nitrogens with zero attached hydrogens (tertiary/aromatic N) is 3. The van der Waals surface area contributed by atoms with E-state index < -0.39 is 0 Å². The van der Waals surface area contributed by atoms with Crippen molar-refractivity contribution < 1.29 is 9.21 Å². The molecule has 3 aromatic rings. The van der Waals surface area contributed by atoms with Gasteiger partial charge in [0.15, 0.2) is 0 Å². The molecule has 0 aliphatic rings. The molecule has 3 rings (SSSR count). The Kier molecular flexibility index (Phi) is 4.16. The average Bonchev–Trinajstić information content (AvgIpc) is 3.07. The summed E-state index contributed by atoms with van der Waals surface area (Å²) in [5, 5.41) is 0.605. The van der Waals surface area contributed by atoms with Crippen LogP contribution >= 0.6 is 11.6 Å². The fraction of sp³-hybridized carbons (Fsp3) is 0.0625. The molecule has 0 radical (unpaired) electrons. The molecular weight excluding hydrogens is 302 g/mol. The Morgan fingerprint density at radius 2 is 2.00 bits per heavy atom. The molecule has 5 nitrogen and oxygen atoms in total. The van der Waals surface area contributed by atoms with E-state index >= 15 is 0 Å². The molecule has 0 bridgehead atoms. The van der Waals surface area contributed by atoms with Gasteiger partial charge in [0.25, 0.3) is 5.91 Å². The lowest BCUT2D eigenvalue weighted by Gasteiger charge is -2.21. The van der Waals surface area contributed by atoms with Crippen molar-refractivity contribution in [3.63, 3.8) is 0 Å². The number of furan rings is 1. The van der Waals surface area contributed by atoms with E-state index in [1.165, 1.54) is 18.6 Å². The van der Waals surface area contributed by atoms with E-state index in [1.807, 2.05) is 6.07 Å². The van der Waals surface area contributed by atoms with Gasteiger partial charge in [0.1, 0.15) is 11.5 Å². The van der Waals surface area contributed by atoms with E-state index in [9.17, 15) is 4.79 Å². The second kappa shape index (κ2) is 6.41. The van der Waals surface area contributed by atoms with E-state index in [1.54, 1.807) is 41.5 Å². The van der Waals surface area contributed by atoms with Gasteiger partial charge in [-0.25, -0.2) is 4.98 Å². The molecule has 0 fully saturated rings. The Balaban J connectivity index is 1.95. The van der Waals surface area contributed by atoms with Crippen molar-refractivity contribution in [2.45, 2.75) is 6.54 Å². The second-order valence-corrected chi connectivity index (χ2v) is 4.97. The van der Waals surface area contributed by atoms with Crippen molar-refractivity contribution >= 4 is 23.2 Å². The smallest absolute Gasteiger partial charge is 0.278 e. The number of aromatic nitrogens is 2. The fourth-order valence-corrected chi connectivity index (χ4v) is 2.13. The van der Waals surface area contributed by atoms with E-state index in [-0.39, 0.29) is 11.6 Å². The molecule has 0 saturated heterocycles. The van der Waals surface area contributed by atoms with Gasteiger partial charge in [0, 0.05) is 23.1 Å². The molecule has 0 N–H and O–H groups in total. The van der Waals surface area contributed by atoms with Crippen LogP contribution in [0.2, 0.25) is 5.02 Å². The van der Waals surface area contributed by atoms with Crippen LogP contribution in [-0.2, 0) is 6.54 Å². The lowest BCUT2D eigenvalue weighted by molar-refractivity contribution is 0.0978. The molecule has 0 aliphatic carbocycles. The molecule has 0 saturated carbocycles. The van der Waals surface area contributed by atoms with Crippen molar-refractivity contribution in [3.8, 4) is 0 Å². The Morgan fingerprint density at radius 3 is 2.64 bits per heavy atom. The quantitative estimate of drug-likeness (QED) is 0.739. The number of halogens is 1. The number of benzene rings is 1. The van der Waals surface area contributed by atoms with Crippen LogP contribution in [0.25, 0.3) is 0 Å². The first kappa shape index (κ1) is 14.3. The maximum atomic E-state index is 12.7. The number of hydrogen-bond donors (Lipinski definition) is 0. The molecular formula is C16H12ClN3O2. The summed E-state index contributed by atoms with van der Waals surface area (Å²) in [5.41, 5.74) is 0.973. The minimum absolute atomic E-state index is 0.258. The van der Waals surface area contributed by atoms with E-state index in [2.05, 4.69) is 9.97 Å². The number of carbonyl (C=O) groups excluding carboxylic acids is 1. The summed E-state index contributed by atoms with van der Waals surface area (Å²) >= 11 is 5.91. The van der Waals surface area contributed by atoms with Gasteiger partial charge in [0.2, 0.25) is 0 Å². The summed E-state index contributed by atoms with van der Waals surface area (Å²) in [5.74, 6) is 0.416. The molecule has 0 aliphatic heterocycles. The molecule has 0 unspecified atom stereocenters. The van der Waals surface area contributed by atoms with Crippen LogP contribution in [0.15, 0.2) is 65.7 Å². The third kappa shape index (κ3) is 3.15. The van der Waals surface area contributed by atoms with Crippen molar-refractivity contribution in [2.75, 3.05) is 4.90 Å². The lowest BCUT2D eigenvalue weighted by atomic mass is 10.2. The van der Waals surface area contributed by atoms with Crippen LogP contribution < -0.4 is 4.90 Å². The minimum Gasteiger partial charge on any atom is -0.467 e. The van der Waals surface area contributed by atoms with Gasteiger partial charge in [0.05, 0.1) is 19.0 Å². The van der Waals surface area contributed by atoms with E-state index in [4.69, 9.17) is 16.0 Å². The zero-order valence-corrected chi connectivity index (χ0v) is 12.3. The predicted octanol–water partition coefficient (Wildman–Crippen LogP) is 3.57. The monoisotopic (exact) mass is 313 g/mol. The van der Waals surface area contributed by atoms with Crippen LogP contribution in [0, 0.1) is 0 Å². The Bertz CT molecular complexity index is 743. The van der Waals surface area contributed by atoms with Gasteiger partial charge >= 0.3 is 0 Å². The number of anilines is 1. The molecule has 0 spiro atoms. The molecule has 2 heterocycles. The Hall–Kier alpha value is -2.66. The minimum atomic E-state index is -0.258. The second-order valence-electron chi connectivity index (χ2n) is 4.54. The first-order valence-electron chi connectivity index (χ1n) is 6.60. The van der Waals surface area contributed by atoms with Crippen molar-refractivity contribution in [2.24, 2.45) is 0 Å². The van der Waals surface area contributed by atoms with Gasteiger partial charge in [-0.2, -0.15) is 0 Å². The van der Waals surface area contributed by atoms with E-state index in [0.29, 0.717) is 23.0 Å². The van der Waals surface area contributed by atoms with Gasteiger partial charge < -0.3 is 4.42 Å². The first-order chi connectivity index (χ1) is 10.7. The highest BCUT2D eigenvalue weighted by Gasteiger charge is 2.20. The van der Waals surface area contributed by atoms with Crippen molar-refractivity contribution in [3.05, 3.63) is 77.7 Å². The summed E-state index contributed by atoms with van der Waals surface area (Å²) in [6.07, 6.45) is 6.02. The summed E-state index contributed by atoms with van der Waals surface area (Å²) in [6.45, 7) is 0.296. The SMILES string of the molecule is O=C(c1cnccn1)N(Cc1ccco1)c1ccc(Cl)cc1. The Labute approximate surface area is 132 Å². The summed E-state index contributed by atoms with van der Waals surface area (Å²) < 4.78 is 5.34. The molecule has 6 heteroatoms. The largest absolute Gasteiger partial charge is 0.467 e. The zero-order valence-electron chi connectivity index (χ0n) is 11.5. The topological polar surface area (TPSA) is 59.2 Å². The molecule has 0 atom stereocenters. The third-order valence-electron chi connectivity index (χ3n) is 3.06. The highest BCUT2D eigenvalue weighted by molar-refractivity contribution is 6.30. The molecule has 22 heavy (non-hydrogen) atoms. The normalized spacial score (nSPS) is 10.4. The van der Waals surface area contributed by atoms with Crippen LogP contribution in [0.1, 0.15) is 16.2 Å². The molecule has 110 valence electrons. The summed E-state index contributed by atoms with van der Waals surface area (Å²) in [7, 11) is 0. The molecule has 1 aromatic carbocycles. The first-order valence-corrected chi connectivity index (χ1v) is 6.97. The lowest BCUT2D eigenvalue weighted by Crippen LogP contribution is -2.31.